The van der Waals surface area contributed by atoms with Gasteiger partial charge in [-0.1, -0.05) is 35.5 Å². The van der Waals surface area contributed by atoms with E-state index in [0.717, 1.165) is 15.6 Å². The van der Waals surface area contributed by atoms with E-state index in [9.17, 15) is 4.79 Å². The molecule has 1 amide bonds. The number of hydrogen-bond donors (Lipinski definition) is 1. The maximum atomic E-state index is 12.0. The van der Waals surface area contributed by atoms with Gasteiger partial charge >= 0.3 is 5.88 Å². The molecule has 0 saturated carbocycles. The van der Waals surface area contributed by atoms with Crippen molar-refractivity contribution in [2.45, 2.75) is 4.34 Å². The molecule has 3 aromatic rings. The van der Waals surface area contributed by atoms with Crippen molar-refractivity contribution >= 4 is 46.5 Å². The van der Waals surface area contributed by atoms with Crippen molar-refractivity contribution in [3.63, 3.8) is 0 Å². The Morgan fingerprint density at radius 2 is 2.16 bits per heavy atom. The van der Waals surface area contributed by atoms with Crippen molar-refractivity contribution < 1.29 is 14.1 Å². The summed E-state index contributed by atoms with van der Waals surface area (Å²) in [5.41, 5.74) is 1.86. The fourth-order valence-electron chi connectivity index (χ4n) is 1.86. The molecule has 0 fully saturated rings. The molecule has 1 aromatic carbocycles. The highest BCUT2D eigenvalue weighted by Gasteiger charge is 2.16. The van der Waals surface area contributed by atoms with Crippen LogP contribution in [0.1, 0.15) is 0 Å². The van der Waals surface area contributed by atoms with Crippen molar-refractivity contribution in [3.05, 3.63) is 40.9 Å². The fraction of sp³-hybridized carbons (Fsp3) is 0.200. The Labute approximate surface area is 157 Å². The van der Waals surface area contributed by atoms with Gasteiger partial charge in [-0.3, -0.25) is 14.6 Å². The van der Waals surface area contributed by atoms with Gasteiger partial charge in [0.15, 0.2) is 4.34 Å². The van der Waals surface area contributed by atoms with E-state index in [-0.39, 0.29) is 11.7 Å². The summed E-state index contributed by atoms with van der Waals surface area (Å²) in [4.78, 5) is 18.0. The highest BCUT2D eigenvalue weighted by molar-refractivity contribution is 8.01. The molecule has 0 bridgehead atoms. The molecular weight excluding hydrogens is 382 g/mol. The van der Waals surface area contributed by atoms with E-state index in [0.29, 0.717) is 10.9 Å². The molecule has 0 aliphatic rings. The second-order valence-corrected chi connectivity index (χ2v) is 7.69. The number of aromatic nitrogens is 3. The zero-order valence-corrected chi connectivity index (χ0v) is 15.9. The maximum Gasteiger partial charge on any atom is 0.305 e. The lowest BCUT2D eigenvalue weighted by Crippen LogP contribution is -2.53. The predicted octanol–water partition coefficient (Wildman–Crippen LogP) is 2.67. The minimum absolute atomic E-state index is 0.185. The lowest BCUT2D eigenvalue weighted by molar-refractivity contribution is -0.753. The summed E-state index contributed by atoms with van der Waals surface area (Å²) in [6.07, 6.45) is 1.59. The summed E-state index contributed by atoms with van der Waals surface area (Å²) in [5, 5.41) is 10.8. The van der Waals surface area contributed by atoms with E-state index in [2.05, 4.69) is 15.6 Å². The van der Waals surface area contributed by atoms with Gasteiger partial charge in [0.25, 0.3) is 6.20 Å². The van der Waals surface area contributed by atoms with E-state index >= 15 is 0 Å². The monoisotopic (exact) mass is 396 g/mol. The van der Waals surface area contributed by atoms with Gasteiger partial charge in [-0.15, -0.1) is 11.3 Å². The molecule has 1 N–H and O–H groups in total. The van der Waals surface area contributed by atoms with E-state index in [1.807, 2.05) is 43.7 Å². The summed E-state index contributed by atoms with van der Waals surface area (Å²) in [7, 11) is 3.62. The second kappa shape index (κ2) is 7.85. The zero-order chi connectivity index (χ0) is 17.8. The Morgan fingerprint density at radius 1 is 1.40 bits per heavy atom. The first-order chi connectivity index (χ1) is 12.0. The average molecular weight is 397 g/mol. The van der Waals surface area contributed by atoms with Crippen molar-refractivity contribution in [3.8, 4) is 11.3 Å². The SMILES string of the molecule is CN(C)[n+]1cc(NC(=O)CSc2nc(-c3ccc(Cl)cc3)cs2)on1. The fourth-order valence-corrected chi connectivity index (χ4v) is 3.62. The van der Waals surface area contributed by atoms with Gasteiger partial charge < -0.3 is 0 Å². The van der Waals surface area contributed by atoms with Crippen LogP contribution in [-0.4, -0.2) is 36.0 Å². The normalized spacial score (nSPS) is 10.7. The summed E-state index contributed by atoms with van der Waals surface area (Å²) >= 11 is 8.76. The van der Waals surface area contributed by atoms with Crippen molar-refractivity contribution in [1.29, 1.82) is 0 Å². The van der Waals surface area contributed by atoms with Crippen molar-refractivity contribution in [2.24, 2.45) is 0 Å². The Bertz CT molecular complexity index is 863. The third-order valence-corrected chi connectivity index (χ3v) is 5.35. The molecule has 0 spiro atoms. The highest BCUT2D eigenvalue weighted by Crippen LogP contribution is 2.28. The number of thiazole rings is 1. The molecule has 2 aromatic heterocycles. The van der Waals surface area contributed by atoms with Gasteiger partial charge in [0, 0.05) is 16.0 Å². The number of nitrogens with zero attached hydrogens (tertiary/aromatic N) is 4. The molecule has 0 aliphatic carbocycles. The van der Waals surface area contributed by atoms with Gasteiger partial charge in [-0.2, -0.15) is 5.01 Å². The number of rotatable bonds is 6. The Kier molecular flexibility index (Phi) is 5.57. The first kappa shape index (κ1) is 17.7. The minimum atomic E-state index is -0.185. The van der Waals surface area contributed by atoms with Gasteiger partial charge in [-0.05, 0) is 12.1 Å². The van der Waals surface area contributed by atoms with Crippen molar-refractivity contribution in [2.75, 3.05) is 30.2 Å². The van der Waals surface area contributed by atoms with E-state index in [4.69, 9.17) is 16.1 Å². The van der Waals surface area contributed by atoms with E-state index < -0.39 is 0 Å². The standard InChI is InChI=1S/C15H14ClN5O2S2/c1-20(2)21-7-14(23-19-21)18-13(22)9-25-15-17-12(8-24-15)10-3-5-11(16)6-4-10/h3-8H,9H2,1-2H3/p+1. The molecule has 0 atom stereocenters. The van der Waals surface area contributed by atoms with Crippen LogP contribution in [0.2, 0.25) is 5.02 Å². The quantitative estimate of drug-likeness (QED) is 0.510. The third kappa shape index (κ3) is 4.71. The Morgan fingerprint density at radius 3 is 2.84 bits per heavy atom. The predicted molar refractivity (Wildman–Crippen MR) is 98.7 cm³/mol. The number of carbonyl (C=O) groups is 1. The number of hydrogen-bond acceptors (Lipinski definition) is 7. The topological polar surface area (TPSA) is 75.1 Å². The molecule has 25 heavy (non-hydrogen) atoms. The second-order valence-electron chi connectivity index (χ2n) is 5.18. The number of amides is 1. The summed E-state index contributed by atoms with van der Waals surface area (Å²) in [6, 6.07) is 7.49. The molecule has 0 unspecified atom stereocenters. The molecule has 0 saturated heterocycles. The summed E-state index contributed by atoms with van der Waals surface area (Å²) < 4.78 is 5.85. The van der Waals surface area contributed by atoms with Crippen LogP contribution in [0.4, 0.5) is 5.88 Å². The van der Waals surface area contributed by atoms with Crippen LogP contribution < -0.4 is 15.1 Å². The van der Waals surface area contributed by atoms with Crippen LogP contribution in [0.5, 0.6) is 0 Å². The first-order valence-electron chi connectivity index (χ1n) is 7.21. The molecule has 0 radical (unpaired) electrons. The number of benzene rings is 1. The number of halogens is 1. The Hall–Kier alpha value is -2.10. The van der Waals surface area contributed by atoms with Crippen LogP contribution in [0.3, 0.4) is 0 Å². The summed E-state index contributed by atoms with van der Waals surface area (Å²) in [6.45, 7) is 0. The van der Waals surface area contributed by atoms with Crippen LogP contribution in [0.15, 0.2) is 44.7 Å². The number of carbonyl (C=O) groups excluding carboxylic acids is 1. The third-order valence-electron chi connectivity index (χ3n) is 3.08. The van der Waals surface area contributed by atoms with Crippen LogP contribution in [0.25, 0.3) is 11.3 Å². The number of anilines is 1. The average Bonchev–Trinajstić information content (AvgIpc) is 3.23. The first-order valence-corrected chi connectivity index (χ1v) is 9.46. The molecule has 3 rings (SSSR count). The maximum absolute atomic E-state index is 12.0. The summed E-state index contributed by atoms with van der Waals surface area (Å²) in [5.74, 6) is 0.339. The zero-order valence-electron chi connectivity index (χ0n) is 13.5. The molecule has 0 aliphatic heterocycles. The molecule has 130 valence electrons. The lowest BCUT2D eigenvalue weighted by atomic mass is 10.2. The van der Waals surface area contributed by atoms with Gasteiger partial charge in [0.1, 0.15) is 0 Å². The lowest BCUT2D eigenvalue weighted by Gasteiger charge is -1.98. The van der Waals surface area contributed by atoms with Gasteiger partial charge in [0.2, 0.25) is 11.2 Å². The van der Waals surface area contributed by atoms with Crippen LogP contribution in [-0.2, 0) is 4.79 Å². The number of nitrogens with one attached hydrogen (secondary N) is 1. The molecule has 10 heteroatoms. The molecule has 2 heterocycles. The van der Waals surface area contributed by atoms with Crippen LogP contribution >= 0.6 is 34.7 Å². The largest absolute Gasteiger partial charge is 0.305 e. The number of thioether (sulfide) groups is 1. The smallest absolute Gasteiger partial charge is 0.288 e. The minimum Gasteiger partial charge on any atom is -0.288 e. The van der Waals surface area contributed by atoms with E-state index in [1.165, 1.54) is 27.9 Å². The highest BCUT2D eigenvalue weighted by atomic mass is 35.5. The Balaban J connectivity index is 1.54. The van der Waals surface area contributed by atoms with Crippen LogP contribution in [0, 0.1) is 0 Å². The van der Waals surface area contributed by atoms with Crippen molar-refractivity contribution in [1.82, 2.24) is 10.3 Å². The molecule has 7 nitrogen and oxygen atoms in total. The van der Waals surface area contributed by atoms with E-state index in [1.54, 1.807) is 11.2 Å². The van der Waals surface area contributed by atoms with Gasteiger partial charge in [-0.25, -0.2) is 4.98 Å². The van der Waals surface area contributed by atoms with Gasteiger partial charge in [0.05, 0.1) is 30.3 Å². The molecular formula is C15H15ClN5O2S2+.